The molecule has 0 bridgehead atoms. The molecule has 0 unspecified atom stereocenters. The van der Waals surface area contributed by atoms with Crippen LogP contribution in [0.5, 0.6) is 6.01 Å². The number of amides is 1. The summed E-state index contributed by atoms with van der Waals surface area (Å²) >= 11 is 0. The number of nitrogen functional groups attached to an aromatic ring is 1. The number of benzene rings is 1. The van der Waals surface area contributed by atoms with Crippen LogP contribution in [0.2, 0.25) is 0 Å². The van der Waals surface area contributed by atoms with Gasteiger partial charge < -0.3 is 30.5 Å². The smallest absolute Gasteiger partial charge is 0.320 e. The van der Waals surface area contributed by atoms with Gasteiger partial charge in [0, 0.05) is 58.9 Å². The first-order chi connectivity index (χ1) is 18.0. The average Bonchev–Trinajstić information content (AvgIpc) is 2.90. The highest BCUT2D eigenvalue weighted by molar-refractivity contribution is 5.79. The number of fused-ring (bicyclic) bond motifs is 1. The fourth-order valence-electron chi connectivity index (χ4n) is 4.70. The molecular weight excluding hydrogens is 468 g/mol. The van der Waals surface area contributed by atoms with Crippen LogP contribution in [0.4, 0.5) is 17.3 Å². The zero-order chi connectivity index (χ0) is 26.0. The monoisotopic (exact) mass is 510 g/mol. The Bertz CT molecular complexity index is 997. The number of carbonyl (C=O) groups excluding carboxylic acids is 1. The standard InChI is InChI=1S/C27H42N8O2/c1-3-4-19-37-27-30-25(28)24-26(31-27)34(14-11-29-24)12-8-13-35(20-22-9-6-5-7-10-22)23(36)21-33-17-15-32(2)16-18-33/h5-7,9-10,29H,3-4,8,11-21H2,1-2H3,(H2,28,30,31). The third-order valence-corrected chi connectivity index (χ3v) is 6.99. The van der Waals surface area contributed by atoms with Gasteiger partial charge in [-0.15, -0.1) is 0 Å². The number of likely N-dealkylation sites (N-methyl/N-ethyl adjacent to an activating group) is 1. The van der Waals surface area contributed by atoms with Crippen LogP contribution < -0.4 is 20.7 Å². The van der Waals surface area contributed by atoms with Crippen molar-refractivity contribution in [2.45, 2.75) is 32.7 Å². The van der Waals surface area contributed by atoms with Crippen LogP contribution in [0.1, 0.15) is 31.7 Å². The van der Waals surface area contributed by atoms with Crippen molar-refractivity contribution in [1.82, 2.24) is 24.7 Å². The first-order valence-electron chi connectivity index (χ1n) is 13.5. The summed E-state index contributed by atoms with van der Waals surface area (Å²) in [5, 5.41) is 3.33. The number of rotatable bonds is 12. The summed E-state index contributed by atoms with van der Waals surface area (Å²) in [4.78, 5) is 31.2. The van der Waals surface area contributed by atoms with Crippen molar-refractivity contribution < 1.29 is 9.53 Å². The van der Waals surface area contributed by atoms with E-state index in [4.69, 9.17) is 10.5 Å². The molecule has 3 heterocycles. The Morgan fingerprint density at radius 2 is 1.89 bits per heavy atom. The number of nitrogens with two attached hydrogens (primary N) is 1. The van der Waals surface area contributed by atoms with Crippen LogP contribution in [0.3, 0.4) is 0 Å². The van der Waals surface area contributed by atoms with E-state index in [0.29, 0.717) is 38.1 Å². The minimum Gasteiger partial charge on any atom is -0.463 e. The fraction of sp³-hybridized carbons (Fsp3) is 0.593. The number of nitrogens with zero attached hydrogens (tertiary/aromatic N) is 6. The van der Waals surface area contributed by atoms with Gasteiger partial charge in [0.05, 0.1) is 13.2 Å². The van der Waals surface area contributed by atoms with Crippen molar-refractivity contribution >= 4 is 23.2 Å². The molecule has 0 aliphatic carbocycles. The van der Waals surface area contributed by atoms with Gasteiger partial charge in [0.15, 0.2) is 11.6 Å². The molecule has 1 amide bonds. The van der Waals surface area contributed by atoms with Gasteiger partial charge in [0.1, 0.15) is 5.69 Å². The van der Waals surface area contributed by atoms with E-state index in [1.54, 1.807) is 0 Å². The molecule has 0 spiro atoms. The van der Waals surface area contributed by atoms with Gasteiger partial charge in [0.2, 0.25) is 5.91 Å². The summed E-state index contributed by atoms with van der Waals surface area (Å²) in [6.07, 6.45) is 2.82. The minimum atomic E-state index is 0.187. The molecule has 0 radical (unpaired) electrons. The van der Waals surface area contributed by atoms with Gasteiger partial charge in [-0.05, 0) is 25.5 Å². The molecule has 0 saturated carbocycles. The number of nitrogens with one attached hydrogen (secondary N) is 1. The van der Waals surface area contributed by atoms with E-state index in [-0.39, 0.29) is 5.91 Å². The Kier molecular flexibility index (Phi) is 9.78. The number of ether oxygens (including phenoxy) is 1. The molecular formula is C27H42N8O2. The number of hydrogen-bond donors (Lipinski definition) is 2. The van der Waals surface area contributed by atoms with E-state index < -0.39 is 0 Å². The van der Waals surface area contributed by atoms with Crippen molar-refractivity contribution in [3.05, 3.63) is 35.9 Å². The molecule has 1 aromatic carbocycles. The van der Waals surface area contributed by atoms with Crippen LogP contribution in [-0.4, -0.2) is 103 Å². The summed E-state index contributed by atoms with van der Waals surface area (Å²) in [7, 11) is 2.13. The molecule has 2 aliphatic heterocycles. The van der Waals surface area contributed by atoms with Gasteiger partial charge >= 0.3 is 6.01 Å². The lowest BCUT2D eigenvalue weighted by Crippen LogP contribution is -2.49. The second kappa shape index (κ2) is 13.4. The lowest BCUT2D eigenvalue weighted by Gasteiger charge is -2.34. The number of carbonyl (C=O) groups is 1. The highest BCUT2D eigenvalue weighted by Gasteiger charge is 2.24. The SMILES string of the molecule is CCCCOc1nc(N)c2c(n1)N(CCCN(Cc1ccccc1)C(=O)CN1CCN(C)CC1)CCN2. The number of anilines is 3. The molecule has 2 aliphatic rings. The third-order valence-electron chi connectivity index (χ3n) is 6.99. The fourth-order valence-corrected chi connectivity index (χ4v) is 4.70. The van der Waals surface area contributed by atoms with E-state index in [1.165, 1.54) is 0 Å². The predicted octanol–water partition coefficient (Wildman–Crippen LogP) is 2.14. The van der Waals surface area contributed by atoms with Gasteiger partial charge in [0.25, 0.3) is 0 Å². The molecule has 37 heavy (non-hydrogen) atoms. The van der Waals surface area contributed by atoms with Crippen LogP contribution in [0.25, 0.3) is 0 Å². The summed E-state index contributed by atoms with van der Waals surface area (Å²) in [6, 6.07) is 10.6. The van der Waals surface area contributed by atoms with E-state index >= 15 is 0 Å². The second-order valence-corrected chi connectivity index (χ2v) is 9.94. The molecule has 4 rings (SSSR count). The van der Waals surface area contributed by atoms with Crippen molar-refractivity contribution in [3.63, 3.8) is 0 Å². The number of unbranched alkanes of at least 4 members (excludes halogenated alkanes) is 1. The highest BCUT2D eigenvalue weighted by Crippen LogP contribution is 2.33. The molecule has 2 aromatic rings. The zero-order valence-electron chi connectivity index (χ0n) is 22.4. The lowest BCUT2D eigenvalue weighted by molar-refractivity contribution is -0.133. The van der Waals surface area contributed by atoms with E-state index in [1.807, 2.05) is 23.1 Å². The van der Waals surface area contributed by atoms with Crippen LogP contribution in [-0.2, 0) is 11.3 Å². The summed E-state index contributed by atoms with van der Waals surface area (Å²) in [5.74, 6) is 1.38. The Morgan fingerprint density at radius 3 is 2.65 bits per heavy atom. The summed E-state index contributed by atoms with van der Waals surface area (Å²) in [5.41, 5.74) is 8.14. The molecule has 1 saturated heterocycles. The maximum atomic E-state index is 13.4. The number of aromatic nitrogens is 2. The minimum absolute atomic E-state index is 0.187. The molecule has 202 valence electrons. The molecule has 0 atom stereocenters. The van der Waals surface area contributed by atoms with Crippen molar-refractivity contribution in [1.29, 1.82) is 0 Å². The predicted molar refractivity (Wildman–Crippen MR) is 148 cm³/mol. The Morgan fingerprint density at radius 1 is 1.11 bits per heavy atom. The number of piperazine rings is 1. The Hall–Kier alpha value is -3.11. The highest BCUT2D eigenvalue weighted by atomic mass is 16.5. The van der Waals surface area contributed by atoms with Gasteiger partial charge in [-0.1, -0.05) is 43.7 Å². The quantitative estimate of drug-likeness (QED) is 0.416. The van der Waals surface area contributed by atoms with E-state index in [0.717, 1.165) is 82.1 Å². The molecule has 1 fully saturated rings. The average molecular weight is 511 g/mol. The van der Waals surface area contributed by atoms with Crippen molar-refractivity contribution in [2.75, 3.05) is 88.5 Å². The topological polar surface area (TPSA) is 103 Å². The first-order valence-corrected chi connectivity index (χ1v) is 13.5. The van der Waals surface area contributed by atoms with Gasteiger partial charge in [-0.25, -0.2) is 0 Å². The van der Waals surface area contributed by atoms with Crippen LogP contribution in [0.15, 0.2) is 30.3 Å². The molecule has 10 heteroatoms. The van der Waals surface area contributed by atoms with Crippen LogP contribution in [0, 0.1) is 0 Å². The molecule has 3 N–H and O–H groups in total. The van der Waals surface area contributed by atoms with Gasteiger partial charge in [-0.2, -0.15) is 9.97 Å². The first kappa shape index (κ1) is 26.9. The second-order valence-electron chi connectivity index (χ2n) is 9.94. The Balaban J connectivity index is 1.39. The molecule has 10 nitrogen and oxygen atoms in total. The summed E-state index contributed by atoms with van der Waals surface area (Å²) < 4.78 is 5.74. The largest absolute Gasteiger partial charge is 0.463 e. The maximum Gasteiger partial charge on any atom is 0.320 e. The van der Waals surface area contributed by atoms with Gasteiger partial charge in [-0.3, -0.25) is 9.69 Å². The lowest BCUT2D eigenvalue weighted by atomic mass is 10.2. The van der Waals surface area contributed by atoms with Crippen molar-refractivity contribution in [2.24, 2.45) is 0 Å². The molecule has 1 aromatic heterocycles. The normalized spacial score (nSPS) is 16.2. The third kappa shape index (κ3) is 7.69. The number of hydrogen-bond acceptors (Lipinski definition) is 9. The van der Waals surface area contributed by atoms with E-state index in [2.05, 4.69) is 56.1 Å². The summed E-state index contributed by atoms with van der Waals surface area (Å²) in [6.45, 7) is 10.7. The maximum absolute atomic E-state index is 13.4. The van der Waals surface area contributed by atoms with E-state index in [9.17, 15) is 4.79 Å². The van der Waals surface area contributed by atoms with Crippen molar-refractivity contribution in [3.8, 4) is 6.01 Å². The zero-order valence-corrected chi connectivity index (χ0v) is 22.4. The van der Waals surface area contributed by atoms with Crippen LogP contribution >= 0.6 is 0 Å². The Labute approximate surface area is 220 Å².